The van der Waals surface area contributed by atoms with Crippen molar-refractivity contribution in [1.29, 1.82) is 0 Å². The maximum Gasteiger partial charge on any atom is 0.149 e. The molecular weight excluding hydrogens is 240 g/mol. The molecule has 2 rings (SSSR count). The molecule has 1 fully saturated rings. The molecule has 0 spiro atoms. The van der Waals surface area contributed by atoms with Gasteiger partial charge in [0.25, 0.3) is 0 Å². The second-order valence-corrected chi connectivity index (χ2v) is 3.83. The van der Waals surface area contributed by atoms with Gasteiger partial charge in [0.05, 0.1) is 12.2 Å². The molecule has 0 bridgehead atoms. The predicted octanol–water partition coefficient (Wildman–Crippen LogP) is 1.87. The molecular formula is C12H17ClN2O2. The van der Waals surface area contributed by atoms with Crippen molar-refractivity contribution in [3.63, 3.8) is 0 Å². The van der Waals surface area contributed by atoms with E-state index in [2.05, 4.69) is 4.90 Å². The minimum absolute atomic E-state index is 0. The second kappa shape index (κ2) is 6.37. The van der Waals surface area contributed by atoms with Gasteiger partial charge < -0.3 is 15.2 Å². The topological polar surface area (TPSA) is 47.7 Å². The SMILES string of the molecule is CN1CCOC(=COc2ccccc2N)C1.Cl. The number of para-hydroxylation sites is 2. The highest BCUT2D eigenvalue weighted by Crippen LogP contribution is 2.20. The number of nitrogens with zero attached hydrogens (tertiary/aromatic N) is 1. The van der Waals surface area contributed by atoms with Gasteiger partial charge >= 0.3 is 0 Å². The molecule has 1 heterocycles. The van der Waals surface area contributed by atoms with Gasteiger partial charge in [0, 0.05) is 6.54 Å². The van der Waals surface area contributed by atoms with Gasteiger partial charge in [-0.05, 0) is 19.2 Å². The van der Waals surface area contributed by atoms with Gasteiger partial charge in [-0.2, -0.15) is 0 Å². The van der Waals surface area contributed by atoms with E-state index in [9.17, 15) is 0 Å². The van der Waals surface area contributed by atoms with Crippen molar-refractivity contribution in [2.75, 3.05) is 32.5 Å². The van der Waals surface area contributed by atoms with E-state index in [0.717, 1.165) is 18.8 Å². The first-order valence-electron chi connectivity index (χ1n) is 5.27. The summed E-state index contributed by atoms with van der Waals surface area (Å²) in [6.45, 7) is 2.42. The molecule has 1 aliphatic rings. The van der Waals surface area contributed by atoms with Crippen LogP contribution in [0.15, 0.2) is 36.3 Å². The van der Waals surface area contributed by atoms with Crippen LogP contribution >= 0.6 is 12.4 Å². The number of benzene rings is 1. The Morgan fingerprint density at radius 2 is 2.18 bits per heavy atom. The average Bonchev–Trinajstić information content (AvgIpc) is 2.28. The molecule has 1 saturated heterocycles. The zero-order chi connectivity index (χ0) is 11.4. The highest BCUT2D eigenvalue weighted by molar-refractivity contribution is 5.85. The summed E-state index contributed by atoms with van der Waals surface area (Å²) in [4.78, 5) is 2.17. The van der Waals surface area contributed by atoms with Crippen LogP contribution in [-0.2, 0) is 4.74 Å². The summed E-state index contributed by atoms with van der Waals surface area (Å²) in [5, 5.41) is 0. The first-order chi connectivity index (χ1) is 7.75. The molecule has 0 radical (unpaired) electrons. The number of rotatable bonds is 2. The Hall–Kier alpha value is -1.39. The Bertz CT molecular complexity index is 396. The minimum Gasteiger partial charge on any atom is -0.492 e. The lowest BCUT2D eigenvalue weighted by atomic mass is 10.3. The number of ether oxygens (including phenoxy) is 2. The minimum atomic E-state index is 0. The van der Waals surface area contributed by atoms with Crippen LogP contribution in [0.3, 0.4) is 0 Å². The van der Waals surface area contributed by atoms with Crippen molar-refractivity contribution in [2.45, 2.75) is 0 Å². The number of halogens is 1. The summed E-state index contributed by atoms with van der Waals surface area (Å²) in [7, 11) is 2.05. The van der Waals surface area contributed by atoms with E-state index in [-0.39, 0.29) is 12.4 Å². The van der Waals surface area contributed by atoms with Gasteiger partial charge in [-0.3, -0.25) is 4.90 Å². The van der Waals surface area contributed by atoms with Crippen molar-refractivity contribution in [1.82, 2.24) is 4.90 Å². The van der Waals surface area contributed by atoms with Crippen molar-refractivity contribution in [2.24, 2.45) is 0 Å². The fraction of sp³-hybridized carbons (Fsp3) is 0.333. The molecule has 2 N–H and O–H groups in total. The normalized spacial score (nSPS) is 18.3. The maximum atomic E-state index is 5.76. The second-order valence-electron chi connectivity index (χ2n) is 3.83. The first-order valence-corrected chi connectivity index (χ1v) is 5.27. The quantitative estimate of drug-likeness (QED) is 0.648. The monoisotopic (exact) mass is 256 g/mol. The van der Waals surface area contributed by atoms with Crippen molar-refractivity contribution in [3.8, 4) is 5.75 Å². The largest absolute Gasteiger partial charge is 0.492 e. The molecule has 0 amide bonds. The summed E-state index contributed by atoms with van der Waals surface area (Å²) < 4.78 is 10.9. The number of nitrogens with two attached hydrogens (primary N) is 1. The molecule has 0 unspecified atom stereocenters. The third-order valence-electron chi connectivity index (χ3n) is 2.42. The van der Waals surface area contributed by atoms with Gasteiger partial charge in [-0.25, -0.2) is 0 Å². The zero-order valence-corrected chi connectivity index (χ0v) is 10.6. The van der Waals surface area contributed by atoms with Crippen molar-refractivity contribution >= 4 is 18.1 Å². The van der Waals surface area contributed by atoms with E-state index in [1.54, 1.807) is 6.26 Å². The fourth-order valence-electron chi connectivity index (χ4n) is 1.51. The Morgan fingerprint density at radius 3 is 2.88 bits per heavy atom. The summed E-state index contributed by atoms with van der Waals surface area (Å²) in [5.74, 6) is 1.49. The number of anilines is 1. The Labute approximate surface area is 107 Å². The predicted molar refractivity (Wildman–Crippen MR) is 70.3 cm³/mol. The van der Waals surface area contributed by atoms with E-state index in [1.165, 1.54) is 0 Å². The lowest BCUT2D eigenvalue weighted by molar-refractivity contribution is 0.104. The van der Waals surface area contributed by atoms with Crippen LogP contribution in [0.5, 0.6) is 5.75 Å². The van der Waals surface area contributed by atoms with Crippen LogP contribution in [0.4, 0.5) is 5.69 Å². The van der Waals surface area contributed by atoms with Crippen LogP contribution < -0.4 is 10.5 Å². The van der Waals surface area contributed by atoms with Gasteiger partial charge in [0.1, 0.15) is 24.4 Å². The summed E-state index contributed by atoms with van der Waals surface area (Å²) in [6.07, 6.45) is 1.63. The molecule has 0 atom stereocenters. The zero-order valence-electron chi connectivity index (χ0n) is 9.76. The van der Waals surface area contributed by atoms with Gasteiger partial charge in [0.15, 0.2) is 0 Å². The fourth-order valence-corrected chi connectivity index (χ4v) is 1.51. The molecule has 1 aromatic rings. The van der Waals surface area contributed by atoms with Gasteiger partial charge in [0.2, 0.25) is 0 Å². The highest BCUT2D eigenvalue weighted by atomic mass is 35.5. The standard InChI is InChI=1S/C12H16N2O2.ClH/c1-14-6-7-15-10(8-14)9-16-12-5-3-2-4-11(12)13;/h2-5,9H,6-8,13H2,1H3;1H. The van der Waals surface area contributed by atoms with Gasteiger partial charge in [-0.1, -0.05) is 12.1 Å². The first kappa shape index (κ1) is 13.7. The third kappa shape index (κ3) is 3.84. The highest BCUT2D eigenvalue weighted by Gasteiger charge is 2.11. The van der Waals surface area contributed by atoms with Crippen LogP contribution in [-0.4, -0.2) is 31.6 Å². The average molecular weight is 257 g/mol. The lowest BCUT2D eigenvalue weighted by Gasteiger charge is -2.24. The van der Waals surface area contributed by atoms with E-state index in [1.807, 2.05) is 31.3 Å². The molecule has 1 aromatic carbocycles. The van der Waals surface area contributed by atoms with Crippen LogP contribution in [0.25, 0.3) is 0 Å². The summed E-state index contributed by atoms with van der Waals surface area (Å²) in [5.41, 5.74) is 6.39. The van der Waals surface area contributed by atoms with E-state index in [4.69, 9.17) is 15.2 Å². The molecule has 0 aliphatic carbocycles. The van der Waals surface area contributed by atoms with E-state index >= 15 is 0 Å². The Balaban J connectivity index is 0.00000144. The Kier molecular flexibility index (Phi) is 5.12. The number of hydrogen-bond acceptors (Lipinski definition) is 4. The number of morpholine rings is 1. The van der Waals surface area contributed by atoms with E-state index in [0.29, 0.717) is 18.0 Å². The molecule has 17 heavy (non-hydrogen) atoms. The summed E-state index contributed by atoms with van der Waals surface area (Å²) in [6, 6.07) is 7.40. The molecule has 0 aromatic heterocycles. The number of hydrogen-bond donors (Lipinski definition) is 1. The van der Waals surface area contributed by atoms with Gasteiger partial charge in [-0.15, -0.1) is 12.4 Å². The van der Waals surface area contributed by atoms with Crippen molar-refractivity contribution < 1.29 is 9.47 Å². The molecule has 5 heteroatoms. The van der Waals surface area contributed by atoms with Crippen LogP contribution in [0.1, 0.15) is 0 Å². The Morgan fingerprint density at radius 1 is 1.41 bits per heavy atom. The number of nitrogen functional groups attached to an aromatic ring is 1. The molecule has 1 aliphatic heterocycles. The third-order valence-corrected chi connectivity index (χ3v) is 2.42. The van der Waals surface area contributed by atoms with Crippen LogP contribution in [0.2, 0.25) is 0 Å². The van der Waals surface area contributed by atoms with E-state index < -0.39 is 0 Å². The molecule has 4 nitrogen and oxygen atoms in total. The van der Waals surface area contributed by atoms with Crippen molar-refractivity contribution in [3.05, 3.63) is 36.3 Å². The maximum absolute atomic E-state index is 5.76. The number of likely N-dealkylation sites (N-methyl/N-ethyl adjacent to an activating group) is 1. The smallest absolute Gasteiger partial charge is 0.149 e. The lowest BCUT2D eigenvalue weighted by Crippen LogP contribution is -2.31. The van der Waals surface area contributed by atoms with Crippen LogP contribution in [0, 0.1) is 0 Å². The summed E-state index contributed by atoms with van der Waals surface area (Å²) >= 11 is 0. The molecule has 0 saturated carbocycles. The molecule has 94 valence electrons.